The molecule has 0 bridgehead atoms. The Morgan fingerprint density at radius 2 is 1.04 bits per heavy atom. The Bertz CT molecular complexity index is 2870. The average molecular weight is 647 g/mol. The van der Waals surface area contributed by atoms with Crippen molar-refractivity contribution in [3.05, 3.63) is 180 Å². The molecule has 0 saturated carbocycles. The molecule has 51 heavy (non-hydrogen) atoms. The number of para-hydroxylation sites is 1. The van der Waals surface area contributed by atoms with Gasteiger partial charge in [-0.1, -0.05) is 115 Å². The van der Waals surface area contributed by atoms with Gasteiger partial charge in [-0.25, -0.2) is 4.85 Å². The fourth-order valence-corrected chi connectivity index (χ4v) is 7.70. The Hall–Kier alpha value is -7.45. The first kappa shape index (κ1) is 29.7. The molecule has 0 saturated heterocycles. The lowest BCUT2D eigenvalue weighted by molar-refractivity contribution is 1.17. The first-order chi connectivity index (χ1) is 25.2. The first-order valence-electron chi connectivity index (χ1n) is 16.7. The summed E-state index contributed by atoms with van der Waals surface area (Å²) in [6.45, 7) is 7.66. The second kappa shape index (κ2) is 11.9. The zero-order chi connectivity index (χ0) is 34.5. The van der Waals surface area contributed by atoms with E-state index < -0.39 is 0 Å². The van der Waals surface area contributed by atoms with Crippen LogP contribution >= 0.6 is 0 Å². The standard InChI is InChI=1S/C47H26N4/c1-50-35-22-24-44-42(27-35)41-25-30(28-48)21-23-43(41)51(44)47-34(29-49)15-10-20-36(47)32-13-9-14-33(26-32)46-39-18-7-5-16-37(39)45(31-11-3-2-4-12-31)38-17-6-8-19-40(38)46/h2-27H. The third kappa shape index (κ3) is 4.66. The zero-order valence-corrected chi connectivity index (χ0v) is 27.3. The summed E-state index contributed by atoms with van der Waals surface area (Å²) in [5.74, 6) is 0. The molecule has 8 aromatic carbocycles. The maximum Gasteiger partial charge on any atom is 0.188 e. The smallest absolute Gasteiger partial charge is 0.188 e. The fraction of sp³-hybridized carbons (Fsp3) is 0. The molecule has 1 heterocycles. The molecule has 0 spiro atoms. The van der Waals surface area contributed by atoms with E-state index in [1.807, 2.05) is 36.4 Å². The third-order valence-electron chi connectivity index (χ3n) is 9.84. The van der Waals surface area contributed by atoms with Gasteiger partial charge in [0.25, 0.3) is 0 Å². The van der Waals surface area contributed by atoms with E-state index in [-0.39, 0.29) is 0 Å². The van der Waals surface area contributed by atoms with Crippen molar-refractivity contribution < 1.29 is 0 Å². The number of fused-ring (bicyclic) bond motifs is 5. The highest BCUT2D eigenvalue weighted by molar-refractivity contribution is 6.21. The van der Waals surface area contributed by atoms with Gasteiger partial charge in [-0.15, -0.1) is 0 Å². The summed E-state index contributed by atoms with van der Waals surface area (Å²) in [6.07, 6.45) is 0. The number of hydrogen-bond donors (Lipinski definition) is 0. The largest absolute Gasteiger partial charge is 0.307 e. The van der Waals surface area contributed by atoms with E-state index in [9.17, 15) is 10.5 Å². The lowest BCUT2D eigenvalue weighted by Gasteiger charge is -2.19. The summed E-state index contributed by atoms with van der Waals surface area (Å²) in [7, 11) is 0. The fourth-order valence-electron chi connectivity index (χ4n) is 7.70. The Kier molecular flexibility index (Phi) is 6.93. The topological polar surface area (TPSA) is 56.9 Å². The Morgan fingerprint density at radius 3 is 1.69 bits per heavy atom. The highest BCUT2D eigenvalue weighted by Crippen LogP contribution is 2.45. The molecule has 234 valence electrons. The van der Waals surface area contributed by atoms with Crippen LogP contribution in [0.1, 0.15) is 11.1 Å². The van der Waals surface area contributed by atoms with Crippen LogP contribution in [0.2, 0.25) is 0 Å². The molecule has 0 amide bonds. The SMILES string of the molecule is [C-]#[N+]c1ccc2c(c1)c1cc(C#N)ccc1n2-c1c(C#N)cccc1-c1cccc(-c2c3ccccc3c(-c3ccccc3)c3ccccc23)c1. The molecule has 0 atom stereocenters. The zero-order valence-electron chi connectivity index (χ0n) is 27.3. The maximum absolute atomic E-state index is 10.5. The summed E-state index contributed by atoms with van der Waals surface area (Å²) in [6, 6.07) is 58.2. The van der Waals surface area contributed by atoms with Crippen LogP contribution in [0.25, 0.3) is 87.3 Å². The van der Waals surface area contributed by atoms with Crippen LogP contribution in [-0.2, 0) is 0 Å². The molecule has 4 heteroatoms. The lowest BCUT2D eigenvalue weighted by Crippen LogP contribution is -2.01. The molecule has 4 nitrogen and oxygen atoms in total. The molecule has 0 aliphatic heterocycles. The molecule has 0 radical (unpaired) electrons. The Morgan fingerprint density at radius 1 is 0.471 bits per heavy atom. The minimum atomic E-state index is 0.517. The number of benzene rings is 8. The van der Waals surface area contributed by atoms with Crippen molar-refractivity contribution in [2.24, 2.45) is 0 Å². The minimum absolute atomic E-state index is 0.517. The Balaban J connectivity index is 1.33. The third-order valence-corrected chi connectivity index (χ3v) is 9.84. The van der Waals surface area contributed by atoms with Crippen LogP contribution in [0.3, 0.4) is 0 Å². The van der Waals surface area contributed by atoms with Gasteiger partial charge in [0.1, 0.15) is 6.07 Å². The second-order valence-corrected chi connectivity index (χ2v) is 12.6. The normalized spacial score (nSPS) is 11.1. The van der Waals surface area contributed by atoms with Gasteiger partial charge in [-0.3, -0.25) is 0 Å². The van der Waals surface area contributed by atoms with Gasteiger partial charge in [-0.05, 0) is 97.2 Å². The van der Waals surface area contributed by atoms with Gasteiger partial charge in [0.2, 0.25) is 0 Å². The first-order valence-corrected chi connectivity index (χ1v) is 16.7. The van der Waals surface area contributed by atoms with Gasteiger partial charge in [-0.2, -0.15) is 10.5 Å². The molecular formula is C47H26N4. The lowest BCUT2D eigenvalue weighted by atomic mass is 9.85. The number of hydrogen-bond acceptors (Lipinski definition) is 2. The van der Waals surface area contributed by atoms with Crippen molar-refractivity contribution >= 4 is 49.0 Å². The number of aromatic nitrogens is 1. The molecule has 9 aromatic rings. The second-order valence-electron chi connectivity index (χ2n) is 12.6. The van der Waals surface area contributed by atoms with Gasteiger partial charge in [0.15, 0.2) is 5.69 Å². The van der Waals surface area contributed by atoms with Crippen LogP contribution in [0.15, 0.2) is 158 Å². The van der Waals surface area contributed by atoms with E-state index in [0.29, 0.717) is 16.8 Å². The molecule has 0 N–H and O–H groups in total. The van der Waals surface area contributed by atoms with E-state index in [1.54, 1.807) is 12.1 Å². The monoisotopic (exact) mass is 646 g/mol. The number of nitrogens with zero attached hydrogens (tertiary/aromatic N) is 4. The predicted molar refractivity (Wildman–Crippen MR) is 208 cm³/mol. The van der Waals surface area contributed by atoms with Crippen LogP contribution in [0, 0.1) is 29.2 Å². The van der Waals surface area contributed by atoms with Gasteiger partial charge in [0, 0.05) is 10.9 Å². The molecule has 9 rings (SSSR count). The maximum atomic E-state index is 10.5. The van der Waals surface area contributed by atoms with E-state index in [0.717, 1.165) is 49.7 Å². The summed E-state index contributed by atoms with van der Waals surface area (Å²) in [5, 5.41) is 26.7. The van der Waals surface area contributed by atoms with Gasteiger partial charge < -0.3 is 4.57 Å². The minimum Gasteiger partial charge on any atom is -0.307 e. The van der Waals surface area contributed by atoms with Crippen LogP contribution < -0.4 is 0 Å². The van der Waals surface area contributed by atoms with E-state index in [1.165, 1.54) is 32.7 Å². The van der Waals surface area contributed by atoms with Crippen LogP contribution in [-0.4, -0.2) is 4.57 Å². The van der Waals surface area contributed by atoms with Gasteiger partial charge >= 0.3 is 0 Å². The summed E-state index contributed by atoms with van der Waals surface area (Å²) >= 11 is 0. The quantitative estimate of drug-likeness (QED) is 0.141. The van der Waals surface area contributed by atoms with E-state index in [4.69, 9.17) is 6.57 Å². The van der Waals surface area contributed by atoms with E-state index in [2.05, 4.69) is 131 Å². The van der Waals surface area contributed by atoms with Crippen molar-refractivity contribution in [1.29, 1.82) is 10.5 Å². The van der Waals surface area contributed by atoms with Crippen LogP contribution in [0.5, 0.6) is 0 Å². The number of nitriles is 2. The highest BCUT2D eigenvalue weighted by Gasteiger charge is 2.21. The van der Waals surface area contributed by atoms with Crippen molar-refractivity contribution in [1.82, 2.24) is 4.57 Å². The van der Waals surface area contributed by atoms with Crippen molar-refractivity contribution in [2.45, 2.75) is 0 Å². The van der Waals surface area contributed by atoms with Crippen molar-refractivity contribution in [3.63, 3.8) is 0 Å². The molecule has 0 fully saturated rings. The molecule has 0 unspecified atom stereocenters. The number of rotatable bonds is 4. The van der Waals surface area contributed by atoms with Crippen LogP contribution in [0.4, 0.5) is 5.69 Å². The molecule has 0 aliphatic rings. The highest BCUT2D eigenvalue weighted by atomic mass is 15.0. The Labute approximate surface area is 294 Å². The summed E-state index contributed by atoms with van der Waals surface area (Å²) in [4.78, 5) is 3.68. The average Bonchev–Trinajstić information content (AvgIpc) is 3.52. The molecule has 1 aromatic heterocycles. The van der Waals surface area contributed by atoms with Crippen molar-refractivity contribution in [3.8, 4) is 51.2 Å². The molecular weight excluding hydrogens is 621 g/mol. The van der Waals surface area contributed by atoms with Crippen molar-refractivity contribution in [2.75, 3.05) is 0 Å². The summed E-state index contributed by atoms with van der Waals surface area (Å²) in [5.41, 5.74) is 10.6. The van der Waals surface area contributed by atoms with E-state index >= 15 is 0 Å². The molecule has 0 aliphatic carbocycles. The predicted octanol–water partition coefficient (Wildman–Crippen LogP) is 12.4. The van der Waals surface area contributed by atoms with Gasteiger partial charge in [0.05, 0.1) is 40.5 Å². The summed E-state index contributed by atoms with van der Waals surface area (Å²) < 4.78 is 2.11.